The molecule has 13 heavy (non-hydrogen) atoms. The maximum Gasteiger partial charge on any atom is 0.0716 e. The Morgan fingerprint density at radius 3 is 3.23 bits per heavy atom. The molecule has 0 radical (unpaired) electrons. The second kappa shape index (κ2) is 3.79. The maximum atomic E-state index is 5.17. The van der Waals surface area contributed by atoms with Gasteiger partial charge in [0.1, 0.15) is 0 Å². The number of hydrogen-bond acceptors (Lipinski definition) is 2. The molecule has 0 bridgehead atoms. The van der Waals surface area contributed by atoms with Gasteiger partial charge >= 0.3 is 0 Å². The normalized spacial score (nSPS) is 14.8. The van der Waals surface area contributed by atoms with E-state index in [-0.39, 0.29) is 0 Å². The first kappa shape index (κ1) is 8.57. The summed E-state index contributed by atoms with van der Waals surface area (Å²) < 4.78 is 5.17. The predicted octanol–water partition coefficient (Wildman–Crippen LogP) is 2.19. The average Bonchev–Trinajstić information content (AvgIpc) is 2.19. The first-order chi connectivity index (χ1) is 6.42. The van der Waals surface area contributed by atoms with Crippen molar-refractivity contribution in [3.05, 3.63) is 29.3 Å². The van der Waals surface area contributed by atoms with Gasteiger partial charge in [-0.15, -0.1) is 0 Å². The number of anilines is 1. The zero-order chi connectivity index (χ0) is 9.10. The lowest BCUT2D eigenvalue weighted by molar-refractivity contribution is 0.184. The van der Waals surface area contributed by atoms with Crippen molar-refractivity contribution >= 4 is 5.69 Å². The molecule has 0 unspecified atom stereocenters. The van der Waals surface area contributed by atoms with Gasteiger partial charge in [0.25, 0.3) is 0 Å². The van der Waals surface area contributed by atoms with Crippen molar-refractivity contribution in [1.29, 1.82) is 0 Å². The Kier molecular flexibility index (Phi) is 2.50. The molecule has 0 spiro atoms. The zero-order valence-electron chi connectivity index (χ0n) is 7.97. The molecule has 0 saturated carbocycles. The summed E-state index contributed by atoms with van der Waals surface area (Å²) >= 11 is 0. The van der Waals surface area contributed by atoms with Gasteiger partial charge in [0.15, 0.2) is 0 Å². The van der Waals surface area contributed by atoms with Crippen LogP contribution in [-0.4, -0.2) is 13.7 Å². The van der Waals surface area contributed by atoms with Crippen LogP contribution in [0.5, 0.6) is 0 Å². The Morgan fingerprint density at radius 2 is 2.38 bits per heavy atom. The number of ether oxygens (including phenoxy) is 1. The first-order valence-electron chi connectivity index (χ1n) is 4.75. The van der Waals surface area contributed by atoms with Gasteiger partial charge in [-0.1, -0.05) is 12.1 Å². The minimum absolute atomic E-state index is 0.727. The summed E-state index contributed by atoms with van der Waals surface area (Å²) in [6.45, 7) is 1.83. The molecule has 0 atom stereocenters. The Bertz CT molecular complexity index is 296. The first-order valence-corrected chi connectivity index (χ1v) is 4.75. The molecule has 1 aliphatic rings. The van der Waals surface area contributed by atoms with Crippen molar-refractivity contribution in [2.75, 3.05) is 19.0 Å². The molecule has 70 valence electrons. The summed E-state index contributed by atoms with van der Waals surface area (Å²) in [6, 6.07) is 6.38. The Labute approximate surface area is 78.9 Å². The molecule has 2 rings (SSSR count). The highest BCUT2D eigenvalue weighted by atomic mass is 16.5. The summed E-state index contributed by atoms with van der Waals surface area (Å²) in [4.78, 5) is 0. The topological polar surface area (TPSA) is 21.3 Å². The molecule has 0 aliphatic carbocycles. The SMILES string of the molecule is COCc1cccc2c1CCCN2. The molecule has 1 aliphatic heterocycles. The van der Waals surface area contributed by atoms with Crippen LogP contribution in [0.25, 0.3) is 0 Å². The van der Waals surface area contributed by atoms with Crippen LogP contribution in [0, 0.1) is 0 Å². The summed E-state index contributed by atoms with van der Waals surface area (Å²) in [5, 5.41) is 3.41. The quantitative estimate of drug-likeness (QED) is 0.747. The number of rotatable bonds is 2. The standard InChI is InChI=1S/C11H15NO/c1-13-8-9-4-2-6-11-10(9)5-3-7-12-11/h2,4,6,12H,3,5,7-8H2,1H3. The van der Waals surface area contributed by atoms with Crippen molar-refractivity contribution in [2.45, 2.75) is 19.4 Å². The molecule has 1 aromatic rings. The smallest absolute Gasteiger partial charge is 0.0716 e. The van der Waals surface area contributed by atoms with Crippen molar-refractivity contribution in [3.8, 4) is 0 Å². The van der Waals surface area contributed by atoms with Gasteiger partial charge in [0.05, 0.1) is 6.61 Å². The highest BCUT2D eigenvalue weighted by molar-refractivity contribution is 5.56. The lowest BCUT2D eigenvalue weighted by Gasteiger charge is -2.20. The van der Waals surface area contributed by atoms with Gasteiger partial charge in [-0.3, -0.25) is 0 Å². The molecule has 1 N–H and O–H groups in total. The van der Waals surface area contributed by atoms with E-state index in [0.29, 0.717) is 0 Å². The second-order valence-electron chi connectivity index (χ2n) is 3.41. The van der Waals surface area contributed by atoms with Crippen LogP contribution >= 0.6 is 0 Å². The van der Waals surface area contributed by atoms with Crippen molar-refractivity contribution in [1.82, 2.24) is 0 Å². The molecule has 2 nitrogen and oxygen atoms in total. The lowest BCUT2D eigenvalue weighted by Crippen LogP contribution is -2.13. The van der Waals surface area contributed by atoms with Gasteiger partial charge in [-0.2, -0.15) is 0 Å². The predicted molar refractivity (Wildman–Crippen MR) is 54.0 cm³/mol. The fourth-order valence-corrected chi connectivity index (χ4v) is 1.87. The van der Waals surface area contributed by atoms with E-state index >= 15 is 0 Å². The molecule has 1 aromatic carbocycles. The summed E-state index contributed by atoms with van der Waals surface area (Å²) in [5.41, 5.74) is 4.06. The number of fused-ring (bicyclic) bond motifs is 1. The molecular weight excluding hydrogens is 162 g/mol. The van der Waals surface area contributed by atoms with Crippen LogP contribution in [0.1, 0.15) is 17.5 Å². The highest BCUT2D eigenvalue weighted by Gasteiger charge is 2.11. The fourth-order valence-electron chi connectivity index (χ4n) is 1.87. The van der Waals surface area contributed by atoms with Gasteiger partial charge in [-0.25, -0.2) is 0 Å². The average molecular weight is 177 g/mol. The van der Waals surface area contributed by atoms with Crippen molar-refractivity contribution in [3.63, 3.8) is 0 Å². The van der Waals surface area contributed by atoms with E-state index in [4.69, 9.17) is 4.74 Å². The van der Waals surface area contributed by atoms with Gasteiger partial charge < -0.3 is 10.1 Å². The number of methoxy groups -OCH3 is 1. The largest absolute Gasteiger partial charge is 0.385 e. The van der Waals surface area contributed by atoms with E-state index in [1.165, 1.54) is 29.7 Å². The van der Waals surface area contributed by atoms with Gasteiger partial charge in [0, 0.05) is 19.3 Å². The van der Waals surface area contributed by atoms with Gasteiger partial charge in [0.2, 0.25) is 0 Å². The Morgan fingerprint density at radius 1 is 1.46 bits per heavy atom. The third-order valence-corrected chi connectivity index (χ3v) is 2.49. The zero-order valence-corrected chi connectivity index (χ0v) is 7.97. The van der Waals surface area contributed by atoms with Crippen molar-refractivity contribution < 1.29 is 4.74 Å². The third-order valence-electron chi connectivity index (χ3n) is 2.49. The fraction of sp³-hybridized carbons (Fsp3) is 0.455. The van der Waals surface area contributed by atoms with Crippen LogP contribution in [0.4, 0.5) is 5.69 Å². The number of benzene rings is 1. The number of nitrogens with one attached hydrogen (secondary N) is 1. The van der Waals surface area contributed by atoms with E-state index in [2.05, 4.69) is 23.5 Å². The van der Waals surface area contributed by atoms with E-state index in [1.54, 1.807) is 7.11 Å². The molecule has 0 fully saturated rings. The second-order valence-corrected chi connectivity index (χ2v) is 3.41. The van der Waals surface area contributed by atoms with Crippen LogP contribution < -0.4 is 5.32 Å². The summed E-state index contributed by atoms with van der Waals surface area (Å²) in [7, 11) is 1.75. The van der Waals surface area contributed by atoms with E-state index in [0.717, 1.165) is 13.2 Å². The summed E-state index contributed by atoms with van der Waals surface area (Å²) in [5.74, 6) is 0. The van der Waals surface area contributed by atoms with Crippen LogP contribution in [0.3, 0.4) is 0 Å². The lowest BCUT2D eigenvalue weighted by atomic mass is 9.98. The molecule has 2 heteroatoms. The van der Waals surface area contributed by atoms with Crippen LogP contribution in [0.2, 0.25) is 0 Å². The third kappa shape index (κ3) is 1.68. The molecule has 0 saturated heterocycles. The van der Waals surface area contributed by atoms with E-state index in [9.17, 15) is 0 Å². The molecule has 1 heterocycles. The van der Waals surface area contributed by atoms with Crippen molar-refractivity contribution in [2.24, 2.45) is 0 Å². The monoisotopic (exact) mass is 177 g/mol. The van der Waals surface area contributed by atoms with E-state index < -0.39 is 0 Å². The summed E-state index contributed by atoms with van der Waals surface area (Å²) in [6.07, 6.45) is 2.41. The minimum Gasteiger partial charge on any atom is -0.385 e. The van der Waals surface area contributed by atoms with Gasteiger partial charge in [-0.05, 0) is 30.0 Å². The molecule has 0 aromatic heterocycles. The van der Waals surface area contributed by atoms with Crippen LogP contribution in [-0.2, 0) is 17.8 Å². The van der Waals surface area contributed by atoms with Crippen LogP contribution in [0.15, 0.2) is 18.2 Å². The maximum absolute atomic E-state index is 5.17. The van der Waals surface area contributed by atoms with E-state index in [1.807, 2.05) is 0 Å². The number of hydrogen-bond donors (Lipinski definition) is 1. The Hall–Kier alpha value is -1.02. The molecule has 0 amide bonds. The minimum atomic E-state index is 0.727. The molecular formula is C11H15NO. The highest BCUT2D eigenvalue weighted by Crippen LogP contribution is 2.25. The Balaban J connectivity index is 2.34.